The first-order valence-electron chi connectivity index (χ1n) is 6.53. The summed E-state index contributed by atoms with van der Waals surface area (Å²) in [6, 6.07) is 7.09. The summed E-state index contributed by atoms with van der Waals surface area (Å²) in [5.74, 6) is -0.811. The Morgan fingerprint density at radius 2 is 2.00 bits per heavy atom. The van der Waals surface area contributed by atoms with Crippen LogP contribution < -0.4 is 10.5 Å². The molecule has 0 bridgehead atoms. The van der Waals surface area contributed by atoms with Gasteiger partial charge in [-0.3, -0.25) is 4.79 Å². The molecule has 0 fully saturated rings. The molecule has 1 aromatic carbocycles. The number of halogens is 2. The summed E-state index contributed by atoms with van der Waals surface area (Å²) in [7, 11) is -3.75. The molecule has 0 spiro atoms. The van der Waals surface area contributed by atoms with Crippen molar-refractivity contribution >= 4 is 60.3 Å². The number of nitrogens with two attached hydrogens (primary N) is 1. The number of carbonyl (C=O) groups excluding carboxylic acids is 1. The molecule has 0 atom stereocenters. The van der Waals surface area contributed by atoms with E-state index in [2.05, 4.69) is 5.32 Å². The Kier molecular flexibility index (Phi) is 4.63. The highest BCUT2D eigenvalue weighted by Gasteiger charge is 2.18. The van der Waals surface area contributed by atoms with Crippen LogP contribution in [0.1, 0.15) is 14.5 Å². The monoisotopic (exact) mass is 404 g/mol. The van der Waals surface area contributed by atoms with Crippen LogP contribution in [0.5, 0.6) is 0 Å². The minimum absolute atomic E-state index is 0.0297. The number of hydrogen-bond donors (Lipinski definition) is 2. The minimum Gasteiger partial charge on any atom is -0.346 e. The normalized spacial score (nSPS) is 11.8. The van der Waals surface area contributed by atoms with E-state index in [0.29, 0.717) is 15.0 Å². The number of carbonyl (C=O) groups is 1. The van der Waals surface area contributed by atoms with Crippen LogP contribution in [0.15, 0.2) is 34.5 Å². The average Bonchev–Trinajstić information content (AvgIpc) is 3.09. The van der Waals surface area contributed by atoms with Gasteiger partial charge in [-0.05, 0) is 30.3 Å². The van der Waals surface area contributed by atoms with E-state index < -0.39 is 21.7 Å². The Labute approximate surface area is 149 Å². The lowest BCUT2D eigenvalue weighted by atomic mass is 10.2. The van der Waals surface area contributed by atoms with Crippen LogP contribution in [0.3, 0.4) is 0 Å². The van der Waals surface area contributed by atoms with E-state index in [9.17, 15) is 17.6 Å². The Balaban J connectivity index is 1.78. The van der Waals surface area contributed by atoms with Gasteiger partial charge in [0, 0.05) is 15.0 Å². The third-order valence-corrected chi connectivity index (χ3v) is 7.32. The third-order valence-electron chi connectivity index (χ3n) is 3.14. The number of thiophene rings is 2. The standard InChI is InChI=1S/C14H10ClFN2O3S3/c15-12-9-3-1-7(16)5-10(9)23-13(12)14(19)18-6-8-2-4-11(22-8)24(17,20)21/h1-5H,6H2,(H,18,19)(H2,17,20,21). The van der Waals surface area contributed by atoms with Crippen molar-refractivity contribution in [2.75, 3.05) is 0 Å². The van der Waals surface area contributed by atoms with E-state index in [-0.39, 0.29) is 20.7 Å². The van der Waals surface area contributed by atoms with Crippen LogP contribution >= 0.6 is 34.3 Å². The maximum Gasteiger partial charge on any atom is 0.263 e. The molecule has 0 aliphatic carbocycles. The first-order valence-corrected chi connectivity index (χ1v) is 10.1. The van der Waals surface area contributed by atoms with E-state index in [0.717, 1.165) is 22.7 Å². The molecular weight excluding hydrogens is 395 g/mol. The number of primary sulfonamides is 1. The average molecular weight is 405 g/mol. The smallest absolute Gasteiger partial charge is 0.263 e. The zero-order valence-electron chi connectivity index (χ0n) is 11.9. The predicted octanol–water partition coefficient (Wildman–Crippen LogP) is 3.33. The highest BCUT2D eigenvalue weighted by Crippen LogP contribution is 2.35. The highest BCUT2D eigenvalue weighted by molar-refractivity contribution is 7.91. The van der Waals surface area contributed by atoms with Gasteiger partial charge in [0.25, 0.3) is 5.91 Å². The second-order valence-corrected chi connectivity index (χ2v) is 9.22. The lowest BCUT2D eigenvalue weighted by Crippen LogP contribution is -2.21. The molecule has 0 radical (unpaired) electrons. The Morgan fingerprint density at radius 3 is 2.67 bits per heavy atom. The van der Waals surface area contributed by atoms with Gasteiger partial charge >= 0.3 is 0 Å². The molecule has 3 aromatic rings. The SMILES string of the molecule is NS(=O)(=O)c1ccc(CNC(=O)c2sc3cc(F)ccc3c2Cl)s1. The molecule has 1 amide bonds. The van der Waals surface area contributed by atoms with E-state index in [1.54, 1.807) is 6.07 Å². The number of amides is 1. The van der Waals surface area contributed by atoms with Crippen LogP contribution in [0, 0.1) is 5.82 Å². The summed E-state index contributed by atoms with van der Waals surface area (Å²) < 4.78 is 36.3. The first kappa shape index (κ1) is 17.3. The Hall–Kier alpha value is -1.52. The second-order valence-electron chi connectivity index (χ2n) is 4.83. The molecule has 24 heavy (non-hydrogen) atoms. The van der Waals surface area contributed by atoms with Crippen molar-refractivity contribution in [2.45, 2.75) is 10.8 Å². The molecule has 0 aliphatic heterocycles. The molecule has 126 valence electrons. The maximum atomic E-state index is 13.3. The molecule has 5 nitrogen and oxygen atoms in total. The number of sulfonamides is 1. The van der Waals surface area contributed by atoms with Gasteiger partial charge in [0.1, 0.15) is 14.9 Å². The summed E-state index contributed by atoms with van der Waals surface area (Å²) >= 11 is 8.26. The van der Waals surface area contributed by atoms with Gasteiger partial charge in [-0.15, -0.1) is 22.7 Å². The lowest BCUT2D eigenvalue weighted by Gasteiger charge is -2.01. The molecule has 0 unspecified atom stereocenters. The van der Waals surface area contributed by atoms with E-state index in [1.807, 2.05) is 0 Å². The quantitative estimate of drug-likeness (QED) is 0.698. The fourth-order valence-electron chi connectivity index (χ4n) is 2.04. The summed E-state index contributed by atoms with van der Waals surface area (Å²) in [5, 5.41) is 8.59. The largest absolute Gasteiger partial charge is 0.346 e. The van der Waals surface area contributed by atoms with Gasteiger partial charge in [0.05, 0.1) is 11.6 Å². The van der Waals surface area contributed by atoms with Crippen LogP contribution in [0.25, 0.3) is 10.1 Å². The molecule has 0 saturated heterocycles. The van der Waals surface area contributed by atoms with Crippen molar-refractivity contribution in [1.82, 2.24) is 5.32 Å². The molecule has 3 rings (SSSR count). The topological polar surface area (TPSA) is 89.3 Å². The zero-order chi connectivity index (χ0) is 17.5. The first-order chi connectivity index (χ1) is 11.3. The molecular formula is C14H10ClFN2O3S3. The third kappa shape index (κ3) is 3.45. The molecule has 3 N–H and O–H groups in total. The highest BCUT2D eigenvalue weighted by atomic mass is 35.5. The number of hydrogen-bond acceptors (Lipinski definition) is 5. The summed E-state index contributed by atoms with van der Waals surface area (Å²) in [6.45, 7) is 0.137. The minimum atomic E-state index is -3.75. The van der Waals surface area contributed by atoms with Crippen LogP contribution in [0.2, 0.25) is 5.02 Å². The molecule has 2 aromatic heterocycles. The summed E-state index contributed by atoms with van der Waals surface area (Å²) in [5.41, 5.74) is 0. The van der Waals surface area contributed by atoms with Gasteiger partial charge in [-0.25, -0.2) is 17.9 Å². The Bertz CT molecular complexity index is 1040. The van der Waals surface area contributed by atoms with Crippen molar-refractivity contribution in [3.05, 3.63) is 50.9 Å². The number of fused-ring (bicyclic) bond motifs is 1. The number of benzene rings is 1. The lowest BCUT2D eigenvalue weighted by molar-refractivity contribution is 0.0955. The summed E-state index contributed by atoms with van der Waals surface area (Å²) in [6.07, 6.45) is 0. The van der Waals surface area contributed by atoms with E-state index in [4.69, 9.17) is 16.7 Å². The molecule has 0 saturated carbocycles. The summed E-state index contributed by atoms with van der Waals surface area (Å²) in [4.78, 5) is 13.2. The van der Waals surface area contributed by atoms with Crippen molar-refractivity contribution < 1.29 is 17.6 Å². The second kappa shape index (κ2) is 6.41. The van der Waals surface area contributed by atoms with E-state index >= 15 is 0 Å². The fraction of sp³-hybridized carbons (Fsp3) is 0.0714. The molecule has 2 heterocycles. The van der Waals surface area contributed by atoms with Crippen molar-refractivity contribution in [3.8, 4) is 0 Å². The number of rotatable bonds is 4. The van der Waals surface area contributed by atoms with E-state index in [1.165, 1.54) is 24.3 Å². The van der Waals surface area contributed by atoms with Gasteiger partial charge in [-0.2, -0.15) is 0 Å². The van der Waals surface area contributed by atoms with Crippen LogP contribution in [-0.2, 0) is 16.6 Å². The van der Waals surface area contributed by atoms with Crippen molar-refractivity contribution in [1.29, 1.82) is 0 Å². The van der Waals surface area contributed by atoms with Gasteiger partial charge in [0.15, 0.2) is 0 Å². The van der Waals surface area contributed by atoms with Crippen LogP contribution in [0.4, 0.5) is 4.39 Å². The predicted molar refractivity (Wildman–Crippen MR) is 93.7 cm³/mol. The van der Waals surface area contributed by atoms with Crippen molar-refractivity contribution in [2.24, 2.45) is 5.14 Å². The van der Waals surface area contributed by atoms with Gasteiger partial charge in [-0.1, -0.05) is 11.6 Å². The molecule has 10 heteroatoms. The fourth-order valence-corrected chi connectivity index (χ4v) is 5.22. The Morgan fingerprint density at radius 1 is 1.25 bits per heavy atom. The van der Waals surface area contributed by atoms with Gasteiger partial charge < -0.3 is 5.32 Å². The van der Waals surface area contributed by atoms with Crippen molar-refractivity contribution in [3.63, 3.8) is 0 Å². The number of nitrogens with one attached hydrogen (secondary N) is 1. The zero-order valence-corrected chi connectivity index (χ0v) is 15.1. The molecule has 0 aliphatic rings. The van der Waals surface area contributed by atoms with Crippen LogP contribution in [-0.4, -0.2) is 14.3 Å². The maximum absolute atomic E-state index is 13.3. The van der Waals surface area contributed by atoms with Gasteiger partial charge in [0.2, 0.25) is 10.0 Å².